The Labute approximate surface area is 256 Å². The van der Waals surface area contributed by atoms with Gasteiger partial charge < -0.3 is 0 Å². The molecule has 0 radical (unpaired) electrons. The van der Waals surface area contributed by atoms with E-state index in [0.29, 0.717) is 5.69 Å². The largest absolute Gasteiger partial charge is 1.00 e. The third kappa shape index (κ3) is 7.07. The first-order chi connectivity index (χ1) is 12.3. The molecule has 1 saturated heterocycles. The molecule has 3 rings (SSSR count). The van der Waals surface area contributed by atoms with Crippen molar-refractivity contribution in [2.45, 2.75) is 10.5 Å². The van der Waals surface area contributed by atoms with E-state index in [0.717, 1.165) is 24.4 Å². The number of carbonyl (C=O) groups is 2. The Hall–Kier alpha value is 1.10. The Balaban J connectivity index is 0.00000196. The summed E-state index contributed by atoms with van der Waals surface area (Å²) in [6.07, 6.45) is 0. The van der Waals surface area contributed by atoms with Gasteiger partial charge in [-0.3, -0.25) is 0 Å². The first-order valence-corrected chi connectivity index (χ1v) is 14.2. The van der Waals surface area contributed by atoms with Crippen molar-refractivity contribution in [3.8, 4) is 0 Å². The van der Waals surface area contributed by atoms with Crippen molar-refractivity contribution in [1.82, 2.24) is 15.0 Å². The molecule has 5 N–H and O–H groups in total. The molecule has 0 spiro atoms. The smallest absolute Gasteiger partial charge is 1.00 e. The Morgan fingerprint density at radius 1 is 0.929 bits per heavy atom. The minimum atomic E-state index is -1.98. The SMILES string of the molecule is Nc1nc(N)nc(Nc2ccc([As]3SC(C(=O)[O-])C(C(=O)[O-])S3)cc2)n1.[K+].[K+]. The number of carboxylic acids is 2. The number of hydrogen-bond acceptors (Lipinski definition) is 12. The molecule has 28 heavy (non-hydrogen) atoms. The summed E-state index contributed by atoms with van der Waals surface area (Å²) in [5, 5.41) is 23.0. The number of rotatable bonds is 5. The minimum Gasteiger partial charge on any atom is 1.00 e. The predicted octanol–water partition coefficient (Wildman–Crippen LogP) is -8.80. The van der Waals surface area contributed by atoms with Crippen molar-refractivity contribution in [3.05, 3.63) is 24.3 Å². The summed E-state index contributed by atoms with van der Waals surface area (Å²) in [5.74, 6) is -2.58. The molecule has 1 aliphatic rings. The van der Waals surface area contributed by atoms with Gasteiger partial charge in [-0.15, -0.1) is 0 Å². The van der Waals surface area contributed by atoms with Crippen LogP contribution in [0.5, 0.6) is 0 Å². The van der Waals surface area contributed by atoms with Crippen LogP contribution in [-0.4, -0.2) is 49.7 Å². The van der Waals surface area contributed by atoms with E-state index < -0.39 is 34.8 Å². The van der Waals surface area contributed by atoms with Gasteiger partial charge in [0.05, 0.1) is 0 Å². The van der Waals surface area contributed by atoms with E-state index in [9.17, 15) is 19.8 Å². The number of hydrogen-bond donors (Lipinski definition) is 3. The summed E-state index contributed by atoms with van der Waals surface area (Å²) >= 11 is -1.98. The van der Waals surface area contributed by atoms with Gasteiger partial charge in [0, 0.05) is 0 Å². The fourth-order valence-electron chi connectivity index (χ4n) is 2.06. The zero-order chi connectivity index (χ0) is 18.8. The first-order valence-electron chi connectivity index (χ1n) is 7.03. The summed E-state index contributed by atoms with van der Waals surface area (Å²) in [7, 11) is 2.32. The normalized spacial score (nSPS) is 20.5. The Kier molecular flexibility index (Phi) is 11.8. The van der Waals surface area contributed by atoms with Crippen molar-refractivity contribution in [2.75, 3.05) is 16.8 Å². The molecule has 1 aliphatic heterocycles. The van der Waals surface area contributed by atoms with Gasteiger partial charge in [0.25, 0.3) is 0 Å². The van der Waals surface area contributed by atoms with Crippen LogP contribution in [0, 0.1) is 0 Å². The van der Waals surface area contributed by atoms with Crippen molar-refractivity contribution >= 4 is 72.2 Å². The summed E-state index contributed by atoms with van der Waals surface area (Å²) < 4.78 is 0.905. The third-order valence-corrected chi connectivity index (χ3v) is 16.8. The van der Waals surface area contributed by atoms with E-state index in [1.165, 1.54) is 0 Å². The van der Waals surface area contributed by atoms with Gasteiger partial charge in [-0.05, 0) is 0 Å². The average molecular weight is 533 g/mol. The Morgan fingerprint density at radius 2 is 1.39 bits per heavy atom. The van der Waals surface area contributed by atoms with E-state index in [2.05, 4.69) is 20.3 Å². The fraction of sp³-hybridized carbons (Fsp3) is 0.154. The summed E-state index contributed by atoms with van der Waals surface area (Å²) in [6.45, 7) is 0. The molecule has 1 aromatic heterocycles. The number of nitrogens with one attached hydrogen (secondary N) is 1. The molecule has 0 aliphatic carbocycles. The van der Waals surface area contributed by atoms with Crippen LogP contribution >= 0.6 is 20.0 Å². The topological polar surface area (TPSA) is 183 Å². The van der Waals surface area contributed by atoms with Crippen LogP contribution in [0.25, 0.3) is 0 Å². The second-order valence-corrected chi connectivity index (χ2v) is 16.2. The summed E-state index contributed by atoms with van der Waals surface area (Å²) in [6, 6.07) is 7.12. The maximum Gasteiger partial charge on any atom is 1.00 e. The number of aromatic nitrogens is 3. The Morgan fingerprint density at radius 3 is 1.82 bits per heavy atom. The number of benzene rings is 1. The van der Waals surface area contributed by atoms with Gasteiger partial charge in [-0.2, -0.15) is 0 Å². The molecule has 1 fully saturated rings. The number of carboxylic acid groups (broad SMARTS) is 2. The van der Waals surface area contributed by atoms with Crippen LogP contribution in [0.2, 0.25) is 0 Å². The van der Waals surface area contributed by atoms with Crippen molar-refractivity contribution < 1.29 is 123 Å². The number of carbonyl (C=O) groups excluding carboxylic acids is 2. The fourth-order valence-corrected chi connectivity index (χ4v) is 17.6. The van der Waals surface area contributed by atoms with Crippen LogP contribution in [0.3, 0.4) is 0 Å². The number of nitrogen functional groups attached to an aromatic ring is 2. The van der Waals surface area contributed by atoms with Gasteiger partial charge in [-0.1, -0.05) is 0 Å². The van der Waals surface area contributed by atoms with Crippen LogP contribution in [0.4, 0.5) is 23.5 Å². The monoisotopic (exact) mass is 532 g/mol. The number of nitrogens with zero attached hydrogens (tertiary/aromatic N) is 3. The summed E-state index contributed by atoms with van der Waals surface area (Å²) in [5.41, 5.74) is 11.7. The second kappa shape index (κ2) is 12.2. The minimum absolute atomic E-state index is 0. The standard InChI is InChI=1S/C13H13AsN6O4S2.2K/c15-11-18-12(16)20-13(19-11)17-6-3-1-5(2-4-6)14-25-7(9(21)22)8(26-14)10(23)24;;/h1-4,7-8H,(H,21,22)(H,23,24)(H5,15,16,17,18,19,20);;/q;2*+1/p-2. The molecule has 136 valence electrons. The molecule has 10 nitrogen and oxygen atoms in total. The number of aliphatic carboxylic acids is 2. The van der Waals surface area contributed by atoms with Gasteiger partial charge in [0.1, 0.15) is 0 Å². The van der Waals surface area contributed by atoms with Crippen molar-refractivity contribution in [1.29, 1.82) is 0 Å². The average Bonchev–Trinajstić information content (AvgIpc) is 3.00. The number of anilines is 4. The van der Waals surface area contributed by atoms with Gasteiger partial charge in [0.15, 0.2) is 0 Å². The predicted molar refractivity (Wildman–Crippen MR) is 96.5 cm³/mol. The summed E-state index contributed by atoms with van der Waals surface area (Å²) in [4.78, 5) is 33.8. The van der Waals surface area contributed by atoms with E-state index in [1.807, 2.05) is 0 Å². The molecule has 0 amide bonds. The molecular weight excluding hydrogens is 521 g/mol. The molecule has 0 bridgehead atoms. The van der Waals surface area contributed by atoms with Gasteiger partial charge in [0.2, 0.25) is 0 Å². The van der Waals surface area contributed by atoms with E-state index >= 15 is 0 Å². The molecule has 2 aromatic rings. The first kappa shape index (κ1) is 27.1. The molecular formula is C13H11AsK2N6O4S2. The zero-order valence-electron chi connectivity index (χ0n) is 14.9. The molecule has 0 saturated carbocycles. The van der Waals surface area contributed by atoms with Crippen LogP contribution in [0.15, 0.2) is 24.3 Å². The van der Waals surface area contributed by atoms with Crippen molar-refractivity contribution in [2.24, 2.45) is 0 Å². The quantitative estimate of drug-likeness (QED) is 0.310. The van der Waals surface area contributed by atoms with Gasteiger partial charge >= 0.3 is 261 Å². The maximum atomic E-state index is 11.1. The van der Waals surface area contributed by atoms with E-state index in [4.69, 9.17) is 11.5 Å². The Bertz CT molecular complexity index is 823. The number of nitrogens with two attached hydrogens (primary N) is 2. The molecule has 15 heteroatoms. The van der Waals surface area contributed by atoms with E-state index in [1.54, 1.807) is 24.3 Å². The van der Waals surface area contributed by atoms with Crippen LogP contribution < -0.4 is 134 Å². The molecule has 2 heterocycles. The zero-order valence-corrected chi connectivity index (χ0v) is 24.6. The molecule has 2 unspecified atom stereocenters. The van der Waals surface area contributed by atoms with Crippen LogP contribution in [-0.2, 0) is 9.59 Å². The second-order valence-electron chi connectivity index (χ2n) is 4.99. The molecule has 1 aromatic carbocycles. The van der Waals surface area contributed by atoms with Crippen LogP contribution in [0.1, 0.15) is 0 Å². The molecule has 2 atom stereocenters. The van der Waals surface area contributed by atoms with Gasteiger partial charge in [-0.25, -0.2) is 0 Å². The third-order valence-electron chi connectivity index (χ3n) is 3.16. The van der Waals surface area contributed by atoms with Crippen molar-refractivity contribution in [3.63, 3.8) is 0 Å². The van der Waals surface area contributed by atoms with E-state index in [-0.39, 0.29) is 121 Å². The maximum absolute atomic E-state index is 11.1.